The molecule has 2 rings (SSSR count). The van der Waals surface area contributed by atoms with Gasteiger partial charge in [-0.3, -0.25) is 9.48 Å². The number of hydrogen-bond donors (Lipinski definition) is 1. The number of aryl methyl sites for hydroxylation is 2. The number of rotatable bonds is 2. The highest BCUT2D eigenvalue weighted by Crippen LogP contribution is 2.19. The number of benzene rings is 1. The molecule has 0 spiro atoms. The van der Waals surface area contributed by atoms with Crippen molar-refractivity contribution in [3.8, 4) is 0 Å². The summed E-state index contributed by atoms with van der Waals surface area (Å²) in [4.78, 5) is 12.1. The van der Waals surface area contributed by atoms with Gasteiger partial charge in [-0.25, -0.2) is 0 Å². The smallest absolute Gasteiger partial charge is 0.257 e. The molecule has 0 aliphatic carbocycles. The summed E-state index contributed by atoms with van der Waals surface area (Å²) < 4.78 is 2.45. The van der Waals surface area contributed by atoms with Crippen molar-refractivity contribution in [3.05, 3.63) is 44.1 Å². The Bertz CT molecular complexity index is 609. The minimum absolute atomic E-state index is 0.168. The third-order valence-corrected chi connectivity index (χ3v) is 3.55. The first-order valence-corrected chi connectivity index (χ1v) is 6.70. The lowest BCUT2D eigenvalue weighted by Gasteiger charge is -2.07. The Kier molecular flexibility index (Phi) is 3.91. The van der Waals surface area contributed by atoms with Crippen molar-refractivity contribution < 1.29 is 4.79 Å². The lowest BCUT2D eigenvalue weighted by molar-refractivity contribution is 0.102. The van der Waals surface area contributed by atoms with Crippen LogP contribution in [0.4, 0.5) is 5.82 Å². The Hall–Kier alpha value is -1.08. The monoisotopic (exact) mass is 375 g/mol. The van der Waals surface area contributed by atoms with E-state index >= 15 is 0 Å². The Balaban J connectivity index is 2.24. The molecule has 0 saturated heterocycles. The first-order valence-electron chi connectivity index (χ1n) is 5.24. The normalized spacial score (nSPS) is 10.4. The lowest BCUT2D eigenvalue weighted by Crippen LogP contribution is -2.15. The molecule has 18 heavy (non-hydrogen) atoms. The van der Waals surface area contributed by atoms with Crippen LogP contribution in [-0.4, -0.2) is 15.7 Å². The molecule has 0 unspecified atom stereocenters. The highest BCUT2D eigenvalue weighted by Gasteiger charge is 2.12. The van der Waals surface area contributed by atoms with Crippen LogP contribution in [0.15, 0.2) is 24.3 Å². The summed E-state index contributed by atoms with van der Waals surface area (Å²) in [5.41, 5.74) is 1.46. The van der Waals surface area contributed by atoms with Gasteiger partial charge in [0.2, 0.25) is 0 Å². The van der Waals surface area contributed by atoms with Gasteiger partial charge in [0.1, 0.15) is 5.82 Å². The van der Waals surface area contributed by atoms with E-state index in [4.69, 9.17) is 11.6 Å². The maximum Gasteiger partial charge on any atom is 0.257 e. The molecule has 1 heterocycles. The SMILES string of the molecule is Cc1cc(NC(=O)c2ccc(Cl)cc2I)n(C)n1. The number of halogens is 2. The second-order valence-corrected chi connectivity index (χ2v) is 5.47. The molecule has 4 nitrogen and oxygen atoms in total. The predicted molar refractivity (Wildman–Crippen MR) is 80.1 cm³/mol. The zero-order chi connectivity index (χ0) is 13.3. The summed E-state index contributed by atoms with van der Waals surface area (Å²) in [7, 11) is 1.79. The number of carbonyl (C=O) groups excluding carboxylic acids is 1. The van der Waals surface area contributed by atoms with E-state index in [1.54, 1.807) is 29.9 Å². The molecule has 0 atom stereocenters. The largest absolute Gasteiger partial charge is 0.307 e. The van der Waals surface area contributed by atoms with Gasteiger partial charge in [-0.2, -0.15) is 5.10 Å². The van der Waals surface area contributed by atoms with E-state index in [0.717, 1.165) is 9.26 Å². The van der Waals surface area contributed by atoms with Crippen LogP contribution in [0, 0.1) is 10.5 Å². The fourth-order valence-electron chi connectivity index (χ4n) is 1.58. The summed E-state index contributed by atoms with van der Waals surface area (Å²) in [5.74, 6) is 0.502. The second kappa shape index (κ2) is 5.27. The summed E-state index contributed by atoms with van der Waals surface area (Å²) in [6, 6.07) is 6.99. The van der Waals surface area contributed by atoms with Crippen molar-refractivity contribution in [1.82, 2.24) is 9.78 Å². The number of carbonyl (C=O) groups is 1. The minimum Gasteiger partial charge on any atom is -0.307 e. The van der Waals surface area contributed by atoms with Crippen LogP contribution >= 0.6 is 34.2 Å². The van der Waals surface area contributed by atoms with Crippen LogP contribution in [0.2, 0.25) is 5.02 Å². The van der Waals surface area contributed by atoms with Crippen molar-refractivity contribution in [2.45, 2.75) is 6.92 Å². The molecule has 1 N–H and O–H groups in total. The van der Waals surface area contributed by atoms with Gasteiger partial charge >= 0.3 is 0 Å². The van der Waals surface area contributed by atoms with E-state index in [0.29, 0.717) is 16.4 Å². The average Bonchev–Trinajstić information content (AvgIpc) is 2.57. The van der Waals surface area contributed by atoms with Crippen LogP contribution in [-0.2, 0) is 7.05 Å². The average molecular weight is 376 g/mol. The molecule has 2 aromatic rings. The van der Waals surface area contributed by atoms with E-state index in [-0.39, 0.29) is 5.91 Å². The van der Waals surface area contributed by atoms with E-state index in [1.807, 2.05) is 13.0 Å². The van der Waals surface area contributed by atoms with Crippen LogP contribution < -0.4 is 5.32 Å². The number of aromatic nitrogens is 2. The van der Waals surface area contributed by atoms with Crippen molar-refractivity contribution in [3.63, 3.8) is 0 Å². The first kappa shape index (κ1) is 13.4. The summed E-state index contributed by atoms with van der Waals surface area (Å²) >= 11 is 7.95. The quantitative estimate of drug-likeness (QED) is 0.819. The molecule has 1 amide bonds. The molecule has 1 aromatic heterocycles. The number of nitrogens with zero attached hydrogens (tertiary/aromatic N) is 2. The standard InChI is InChI=1S/C12H11ClIN3O/c1-7-5-11(17(2)16-7)15-12(18)9-4-3-8(13)6-10(9)14/h3-6H,1-2H3,(H,15,18). The van der Waals surface area contributed by atoms with Gasteiger partial charge in [0.05, 0.1) is 11.3 Å². The summed E-state index contributed by atoms with van der Waals surface area (Å²) in [6.45, 7) is 1.88. The van der Waals surface area contributed by atoms with Crippen LogP contribution in [0.25, 0.3) is 0 Å². The van der Waals surface area contributed by atoms with E-state index in [1.165, 1.54) is 0 Å². The molecule has 0 aliphatic heterocycles. The fraction of sp³-hybridized carbons (Fsp3) is 0.167. The zero-order valence-corrected chi connectivity index (χ0v) is 12.8. The molecule has 6 heteroatoms. The molecule has 0 saturated carbocycles. The zero-order valence-electron chi connectivity index (χ0n) is 9.87. The Morgan fingerprint density at radius 1 is 1.44 bits per heavy atom. The number of nitrogens with one attached hydrogen (secondary N) is 1. The Morgan fingerprint density at radius 3 is 2.72 bits per heavy atom. The molecule has 0 fully saturated rings. The van der Waals surface area contributed by atoms with Crippen molar-refractivity contribution in [2.75, 3.05) is 5.32 Å². The highest BCUT2D eigenvalue weighted by molar-refractivity contribution is 14.1. The van der Waals surface area contributed by atoms with Crippen LogP contribution in [0.3, 0.4) is 0 Å². The van der Waals surface area contributed by atoms with Gasteiger partial charge in [0.25, 0.3) is 5.91 Å². The lowest BCUT2D eigenvalue weighted by atomic mass is 10.2. The minimum atomic E-state index is -0.168. The van der Waals surface area contributed by atoms with Crippen molar-refractivity contribution in [1.29, 1.82) is 0 Å². The molecule has 0 radical (unpaired) electrons. The molecule has 0 aliphatic rings. The topological polar surface area (TPSA) is 46.9 Å². The second-order valence-electron chi connectivity index (χ2n) is 3.87. The first-order chi connectivity index (χ1) is 8.47. The highest BCUT2D eigenvalue weighted by atomic mass is 127. The molecule has 94 valence electrons. The third kappa shape index (κ3) is 2.84. The van der Waals surface area contributed by atoms with Crippen molar-refractivity contribution >= 4 is 45.9 Å². The maximum atomic E-state index is 12.1. The van der Waals surface area contributed by atoms with Crippen molar-refractivity contribution in [2.24, 2.45) is 7.05 Å². The van der Waals surface area contributed by atoms with Gasteiger partial charge in [-0.1, -0.05) is 11.6 Å². The number of hydrogen-bond acceptors (Lipinski definition) is 2. The molecule has 1 aromatic carbocycles. The number of amides is 1. The van der Waals surface area contributed by atoms with Gasteiger partial charge < -0.3 is 5.32 Å². The molecular weight excluding hydrogens is 365 g/mol. The summed E-state index contributed by atoms with van der Waals surface area (Å²) in [5, 5.41) is 7.61. The van der Waals surface area contributed by atoms with Gasteiger partial charge in [-0.05, 0) is 47.7 Å². The van der Waals surface area contributed by atoms with Crippen LogP contribution in [0.5, 0.6) is 0 Å². The van der Waals surface area contributed by atoms with E-state index in [2.05, 4.69) is 33.0 Å². The van der Waals surface area contributed by atoms with Gasteiger partial charge in [0.15, 0.2) is 0 Å². The van der Waals surface area contributed by atoms with E-state index in [9.17, 15) is 4.79 Å². The van der Waals surface area contributed by atoms with Gasteiger partial charge in [0, 0.05) is 21.7 Å². The summed E-state index contributed by atoms with van der Waals surface area (Å²) in [6.07, 6.45) is 0. The maximum absolute atomic E-state index is 12.1. The molecular formula is C12H11ClIN3O. The van der Waals surface area contributed by atoms with Gasteiger partial charge in [-0.15, -0.1) is 0 Å². The Labute approximate surface area is 123 Å². The predicted octanol–water partition coefficient (Wildman–Crippen LogP) is 3.24. The third-order valence-electron chi connectivity index (χ3n) is 2.42. The molecule has 0 bridgehead atoms. The Morgan fingerprint density at radius 2 is 2.17 bits per heavy atom. The van der Waals surface area contributed by atoms with Crippen LogP contribution in [0.1, 0.15) is 16.1 Å². The fourth-order valence-corrected chi connectivity index (χ4v) is 2.70. The van der Waals surface area contributed by atoms with E-state index < -0.39 is 0 Å². The number of anilines is 1.